The number of hydrogen-bond donors (Lipinski definition) is 1. The normalized spacial score (nSPS) is 16.8. The first-order valence-corrected chi connectivity index (χ1v) is 11.2. The van der Waals surface area contributed by atoms with Crippen LogP contribution in [0.25, 0.3) is 11.5 Å². The van der Waals surface area contributed by atoms with E-state index in [4.69, 9.17) is 20.8 Å². The molecule has 0 saturated carbocycles. The van der Waals surface area contributed by atoms with Crippen LogP contribution in [0.4, 0.5) is 5.88 Å². The average molecular weight is 433 g/mol. The van der Waals surface area contributed by atoms with Gasteiger partial charge in [0.05, 0.1) is 21.6 Å². The van der Waals surface area contributed by atoms with Gasteiger partial charge >= 0.3 is 0 Å². The molecule has 0 aliphatic carbocycles. The van der Waals surface area contributed by atoms with Crippen molar-refractivity contribution in [2.24, 2.45) is 0 Å². The SMILES string of the molecule is Cc1ccc(S(=O)(=O)c2nc(-c3ccccc3Cl)oc2NC[C@H]2CCCO2)cc1. The number of hydrogen-bond acceptors (Lipinski definition) is 6. The van der Waals surface area contributed by atoms with E-state index in [1.165, 1.54) is 0 Å². The molecule has 0 bridgehead atoms. The second-order valence-electron chi connectivity index (χ2n) is 6.97. The number of sulfone groups is 1. The maximum Gasteiger partial charge on any atom is 0.233 e. The quantitative estimate of drug-likeness (QED) is 0.606. The Morgan fingerprint density at radius 3 is 2.62 bits per heavy atom. The van der Waals surface area contributed by atoms with Crippen molar-refractivity contribution in [3.8, 4) is 11.5 Å². The maximum absolute atomic E-state index is 13.3. The lowest BCUT2D eigenvalue weighted by Gasteiger charge is -2.10. The van der Waals surface area contributed by atoms with Gasteiger partial charge in [-0.1, -0.05) is 41.4 Å². The number of aromatic nitrogens is 1. The highest BCUT2D eigenvalue weighted by Gasteiger charge is 2.29. The van der Waals surface area contributed by atoms with Crippen LogP contribution in [0, 0.1) is 6.92 Å². The van der Waals surface area contributed by atoms with Crippen LogP contribution in [0.15, 0.2) is 62.9 Å². The van der Waals surface area contributed by atoms with Crippen molar-refractivity contribution in [3.05, 3.63) is 59.1 Å². The Morgan fingerprint density at radius 2 is 1.93 bits per heavy atom. The van der Waals surface area contributed by atoms with Crippen molar-refractivity contribution in [2.75, 3.05) is 18.5 Å². The van der Waals surface area contributed by atoms with E-state index >= 15 is 0 Å². The molecule has 0 amide bonds. The molecule has 1 aliphatic heterocycles. The Hall–Kier alpha value is -2.35. The molecule has 1 saturated heterocycles. The summed E-state index contributed by atoms with van der Waals surface area (Å²) in [5.41, 5.74) is 1.50. The van der Waals surface area contributed by atoms with Crippen LogP contribution >= 0.6 is 11.6 Å². The Balaban J connectivity index is 1.75. The van der Waals surface area contributed by atoms with Gasteiger partial charge in [-0.05, 0) is 44.0 Å². The monoisotopic (exact) mass is 432 g/mol. The Morgan fingerprint density at radius 1 is 1.17 bits per heavy atom. The average Bonchev–Trinajstić information content (AvgIpc) is 3.37. The second kappa shape index (κ2) is 8.18. The van der Waals surface area contributed by atoms with E-state index in [9.17, 15) is 8.42 Å². The third-order valence-electron chi connectivity index (χ3n) is 4.80. The van der Waals surface area contributed by atoms with Gasteiger partial charge in [0.25, 0.3) is 0 Å². The van der Waals surface area contributed by atoms with E-state index in [0.717, 1.165) is 18.4 Å². The smallest absolute Gasteiger partial charge is 0.233 e. The highest BCUT2D eigenvalue weighted by atomic mass is 35.5. The fourth-order valence-corrected chi connectivity index (χ4v) is 4.69. The molecular weight excluding hydrogens is 412 g/mol. The predicted octanol–water partition coefficient (Wildman–Crippen LogP) is 4.73. The van der Waals surface area contributed by atoms with Crippen LogP contribution in [0.3, 0.4) is 0 Å². The van der Waals surface area contributed by atoms with Gasteiger partial charge in [-0.2, -0.15) is 4.98 Å². The minimum Gasteiger partial charge on any atom is -0.419 e. The van der Waals surface area contributed by atoms with Gasteiger partial charge in [0.2, 0.25) is 26.6 Å². The molecule has 1 aliphatic rings. The van der Waals surface area contributed by atoms with E-state index < -0.39 is 9.84 Å². The summed E-state index contributed by atoms with van der Waals surface area (Å²) in [6.45, 7) is 3.05. The third kappa shape index (κ3) is 4.17. The van der Waals surface area contributed by atoms with Crippen LogP contribution in [0.2, 0.25) is 5.02 Å². The first kappa shape index (κ1) is 19.9. The number of oxazole rings is 1. The van der Waals surface area contributed by atoms with Gasteiger partial charge in [-0.3, -0.25) is 0 Å². The van der Waals surface area contributed by atoms with Crippen LogP contribution in [0.1, 0.15) is 18.4 Å². The van der Waals surface area contributed by atoms with Crippen LogP contribution in [-0.4, -0.2) is 32.7 Å². The van der Waals surface area contributed by atoms with Gasteiger partial charge < -0.3 is 14.5 Å². The third-order valence-corrected chi connectivity index (χ3v) is 6.81. The largest absolute Gasteiger partial charge is 0.419 e. The molecule has 6 nitrogen and oxygen atoms in total. The fourth-order valence-electron chi connectivity index (χ4n) is 3.19. The second-order valence-corrected chi connectivity index (χ2v) is 9.24. The minimum atomic E-state index is -3.88. The topological polar surface area (TPSA) is 81.4 Å². The molecular formula is C21H21ClN2O4S. The van der Waals surface area contributed by atoms with E-state index in [2.05, 4.69) is 10.3 Å². The number of nitrogens with zero attached hydrogens (tertiary/aromatic N) is 1. The van der Waals surface area contributed by atoms with E-state index in [0.29, 0.717) is 23.7 Å². The van der Waals surface area contributed by atoms with E-state index in [-0.39, 0.29) is 27.8 Å². The lowest BCUT2D eigenvalue weighted by molar-refractivity contribution is 0.120. The zero-order valence-corrected chi connectivity index (χ0v) is 17.5. The maximum atomic E-state index is 13.3. The number of anilines is 1. The Bertz CT molecular complexity index is 1100. The molecule has 0 spiro atoms. The summed E-state index contributed by atoms with van der Waals surface area (Å²) in [4.78, 5) is 4.47. The minimum absolute atomic E-state index is 0.0128. The van der Waals surface area contributed by atoms with Crippen LogP contribution in [0.5, 0.6) is 0 Å². The molecule has 1 N–H and O–H groups in total. The molecule has 2 heterocycles. The molecule has 152 valence electrons. The molecule has 0 unspecified atom stereocenters. The van der Waals surface area contributed by atoms with Gasteiger partial charge in [-0.25, -0.2) is 8.42 Å². The summed E-state index contributed by atoms with van der Waals surface area (Å²) in [6.07, 6.45) is 1.92. The van der Waals surface area contributed by atoms with Crippen molar-refractivity contribution < 1.29 is 17.6 Å². The summed E-state index contributed by atoms with van der Waals surface area (Å²) < 4.78 is 38.0. The molecule has 2 aromatic carbocycles. The number of rotatable bonds is 6. The molecule has 29 heavy (non-hydrogen) atoms. The van der Waals surface area contributed by atoms with Crippen molar-refractivity contribution in [1.29, 1.82) is 0 Å². The lowest BCUT2D eigenvalue weighted by atomic mass is 10.2. The van der Waals surface area contributed by atoms with E-state index in [1.807, 2.05) is 6.92 Å². The van der Waals surface area contributed by atoms with Gasteiger partial charge in [-0.15, -0.1) is 0 Å². The predicted molar refractivity (Wildman–Crippen MR) is 111 cm³/mol. The number of benzene rings is 2. The molecule has 1 aromatic heterocycles. The summed E-state index contributed by atoms with van der Waals surface area (Å²) >= 11 is 6.26. The number of aryl methyl sites for hydroxylation is 1. The van der Waals surface area contributed by atoms with Crippen molar-refractivity contribution in [3.63, 3.8) is 0 Å². The number of halogens is 1. The Labute approximate surface area is 174 Å². The first-order valence-electron chi connectivity index (χ1n) is 9.38. The van der Waals surface area contributed by atoms with Crippen molar-refractivity contribution in [1.82, 2.24) is 4.98 Å². The van der Waals surface area contributed by atoms with Crippen molar-refractivity contribution in [2.45, 2.75) is 35.8 Å². The van der Waals surface area contributed by atoms with Gasteiger partial charge in [0.15, 0.2) is 0 Å². The highest BCUT2D eigenvalue weighted by molar-refractivity contribution is 7.91. The molecule has 1 atom stereocenters. The zero-order chi connectivity index (χ0) is 20.4. The van der Waals surface area contributed by atoms with E-state index in [1.54, 1.807) is 48.5 Å². The van der Waals surface area contributed by atoms with Crippen LogP contribution in [-0.2, 0) is 14.6 Å². The lowest BCUT2D eigenvalue weighted by Crippen LogP contribution is -2.19. The highest BCUT2D eigenvalue weighted by Crippen LogP contribution is 2.35. The van der Waals surface area contributed by atoms with Gasteiger partial charge in [0, 0.05) is 13.2 Å². The number of ether oxygens (including phenoxy) is 1. The first-order chi connectivity index (χ1) is 13.9. The molecule has 3 aromatic rings. The molecule has 1 fully saturated rings. The molecule has 8 heteroatoms. The zero-order valence-electron chi connectivity index (χ0n) is 15.9. The number of nitrogens with one attached hydrogen (secondary N) is 1. The van der Waals surface area contributed by atoms with Gasteiger partial charge in [0.1, 0.15) is 0 Å². The summed E-state index contributed by atoms with van der Waals surface area (Å²) in [5.74, 6) is 0.243. The standard InChI is InChI=1S/C21H21ClN2O4S/c1-14-8-10-16(11-9-14)29(25,26)21-20(23-13-15-5-4-12-27-15)28-19(24-21)17-6-2-3-7-18(17)22/h2-3,6-11,15,23H,4-5,12-13H2,1H3/t15-/m1/s1. The summed E-state index contributed by atoms with van der Waals surface area (Å²) in [5, 5.41) is 3.35. The van der Waals surface area contributed by atoms with Crippen molar-refractivity contribution >= 4 is 27.3 Å². The molecule has 0 radical (unpaired) electrons. The fraction of sp³-hybridized carbons (Fsp3) is 0.286. The van der Waals surface area contributed by atoms with Crippen LogP contribution < -0.4 is 5.32 Å². The Kier molecular flexibility index (Phi) is 5.63. The molecule has 4 rings (SSSR count). The summed E-state index contributed by atoms with van der Waals surface area (Å²) in [7, 11) is -3.88. The summed E-state index contributed by atoms with van der Waals surface area (Å²) in [6, 6.07) is 13.7.